The van der Waals surface area contributed by atoms with Crippen LogP contribution >= 0.6 is 0 Å². The molecule has 0 fully saturated rings. The molecule has 0 aliphatic carbocycles. The zero-order valence-electron chi connectivity index (χ0n) is 21.8. The highest BCUT2D eigenvalue weighted by molar-refractivity contribution is 5.97. The maximum atomic E-state index is 12.7. The second-order valence-corrected chi connectivity index (χ2v) is 9.34. The molecule has 3 aromatic rings. The fraction of sp³-hybridized carbons (Fsp3) is 0.300. The summed E-state index contributed by atoms with van der Waals surface area (Å²) in [5.74, 6) is -1.12. The van der Waals surface area contributed by atoms with Crippen molar-refractivity contribution in [1.29, 1.82) is 0 Å². The second-order valence-electron chi connectivity index (χ2n) is 9.34. The first-order valence-electron chi connectivity index (χ1n) is 12.1. The quantitative estimate of drug-likeness (QED) is 0.256. The van der Waals surface area contributed by atoms with E-state index in [0.717, 1.165) is 11.3 Å². The molecule has 0 unspecified atom stereocenters. The van der Waals surface area contributed by atoms with Gasteiger partial charge in [-0.25, -0.2) is 14.4 Å². The summed E-state index contributed by atoms with van der Waals surface area (Å²) >= 11 is 0. The van der Waals surface area contributed by atoms with E-state index in [9.17, 15) is 14.4 Å². The molecular weight excluding hydrogens is 472 g/mol. The minimum absolute atomic E-state index is 0.0321. The average Bonchev–Trinajstić information content (AvgIpc) is 2.87. The first kappa shape index (κ1) is 27.5. The van der Waals surface area contributed by atoms with Crippen molar-refractivity contribution in [1.82, 2.24) is 0 Å². The molecule has 0 aromatic heterocycles. The third-order valence-electron chi connectivity index (χ3n) is 5.45. The van der Waals surface area contributed by atoms with E-state index in [-0.39, 0.29) is 35.5 Å². The molecule has 0 saturated heterocycles. The van der Waals surface area contributed by atoms with Crippen LogP contribution in [-0.4, -0.2) is 31.1 Å². The van der Waals surface area contributed by atoms with Gasteiger partial charge in [0.25, 0.3) is 0 Å². The maximum absolute atomic E-state index is 12.7. The van der Waals surface area contributed by atoms with Crippen LogP contribution in [0.4, 0.5) is 0 Å². The highest BCUT2D eigenvalue weighted by Gasteiger charge is 2.18. The van der Waals surface area contributed by atoms with Crippen LogP contribution in [-0.2, 0) is 21.5 Å². The first-order chi connectivity index (χ1) is 17.6. The van der Waals surface area contributed by atoms with Crippen molar-refractivity contribution in [2.24, 2.45) is 0 Å². The number of esters is 3. The van der Waals surface area contributed by atoms with Gasteiger partial charge >= 0.3 is 17.9 Å². The van der Waals surface area contributed by atoms with E-state index in [1.54, 1.807) is 38.1 Å². The monoisotopic (exact) mass is 504 g/mol. The molecule has 0 N–H and O–H groups in total. The second kappa shape index (κ2) is 12.2. The van der Waals surface area contributed by atoms with Crippen LogP contribution in [0.3, 0.4) is 0 Å². The van der Waals surface area contributed by atoms with Gasteiger partial charge < -0.3 is 18.9 Å². The van der Waals surface area contributed by atoms with E-state index >= 15 is 0 Å². The third kappa shape index (κ3) is 7.67. The molecule has 0 bridgehead atoms. The Morgan fingerprint density at radius 1 is 0.649 bits per heavy atom. The van der Waals surface area contributed by atoms with E-state index in [1.807, 2.05) is 12.1 Å². The van der Waals surface area contributed by atoms with Gasteiger partial charge in [0.15, 0.2) is 0 Å². The Morgan fingerprint density at radius 3 is 1.68 bits per heavy atom. The van der Waals surface area contributed by atoms with Crippen molar-refractivity contribution in [2.75, 3.05) is 13.2 Å². The fourth-order valence-electron chi connectivity index (χ4n) is 3.44. The Bertz CT molecular complexity index is 1200. The molecule has 37 heavy (non-hydrogen) atoms. The number of hydrogen-bond acceptors (Lipinski definition) is 7. The molecule has 7 heteroatoms. The topological polar surface area (TPSA) is 88.1 Å². The van der Waals surface area contributed by atoms with Crippen LogP contribution in [0.15, 0.2) is 66.7 Å². The van der Waals surface area contributed by atoms with E-state index in [1.165, 1.54) is 23.8 Å². The summed E-state index contributed by atoms with van der Waals surface area (Å²) in [5.41, 5.74) is 2.65. The van der Waals surface area contributed by atoms with Crippen molar-refractivity contribution in [3.8, 4) is 11.5 Å². The first-order valence-corrected chi connectivity index (χ1v) is 12.1. The van der Waals surface area contributed by atoms with Gasteiger partial charge in [0.05, 0.1) is 29.9 Å². The predicted octanol–water partition coefficient (Wildman–Crippen LogP) is 6.14. The number of ether oxygens (including phenoxy) is 4. The lowest BCUT2D eigenvalue weighted by molar-refractivity contribution is 0.0521. The predicted molar refractivity (Wildman–Crippen MR) is 139 cm³/mol. The van der Waals surface area contributed by atoms with Crippen molar-refractivity contribution < 1.29 is 33.3 Å². The number of hydrogen-bond donors (Lipinski definition) is 0. The molecule has 194 valence electrons. The standard InChI is InChI=1S/C30H32O7/c1-6-34-27(31)22-16-23(28(32)35-7-2)18-26(17-22)37-29(33)21-10-8-20(9-11-21)19-36-25-14-12-24(13-15-25)30(3,4)5/h8-18H,6-7,19H2,1-5H3. The van der Waals surface area contributed by atoms with Gasteiger partial charge in [0.2, 0.25) is 0 Å². The summed E-state index contributed by atoms with van der Waals surface area (Å²) < 4.78 is 21.3. The maximum Gasteiger partial charge on any atom is 0.343 e. The minimum atomic E-state index is -0.638. The van der Waals surface area contributed by atoms with Gasteiger partial charge in [-0.1, -0.05) is 45.0 Å². The van der Waals surface area contributed by atoms with Crippen LogP contribution in [0.25, 0.3) is 0 Å². The third-order valence-corrected chi connectivity index (χ3v) is 5.45. The normalized spacial score (nSPS) is 10.9. The Labute approximate surface area is 217 Å². The van der Waals surface area contributed by atoms with Crippen molar-refractivity contribution >= 4 is 17.9 Å². The molecule has 0 saturated carbocycles. The van der Waals surface area contributed by atoms with Crippen molar-refractivity contribution in [2.45, 2.75) is 46.6 Å². The average molecular weight is 505 g/mol. The fourth-order valence-corrected chi connectivity index (χ4v) is 3.44. The molecule has 0 spiro atoms. The number of carbonyl (C=O) groups excluding carboxylic acids is 3. The number of rotatable bonds is 9. The molecule has 0 radical (unpaired) electrons. The molecule has 3 aromatic carbocycles. The van der Waals surface area contributed by atoms with Crippen molar-refractivity contribution in [3.05, 3.63) is 94.5 Å². The van der Waals surface area contributed by atoms with Crippen LogP contribution in [0.1, 0.15) is 76.8 Å². The summed E-state index contributed by atoms with van der Waals surface area (Å²) in [6, 6.07) is 18.9. The largest absolute Gasteiger partial charge is 0.489 e. The van der Waals surface area contributed by atoms with Gasteiger partial charge in [-0.15, -0.1) is 0 Å². The zero-order chi connectivity index (χ0) is 27.0. The SMILES string of the molecule is CCOC(=O)c1cc(OC(=O)c2ccc(COc3ccc(C(C)(C)C)cc3)cc2)cc(C(=O)OCC)c1. The minimum Gasteiger partial charge on any atom is -0.489 e. The van der Waals surface area contributed by atoms with E-state index in [4.69, 9.17) is 18.9 Å². The molecule has 0 atom stereocenters. The Kier molecular flexibility index (Phi) is 9.06. The van der Waals surface area contributed by atoms with Gasteiger partial charge in [0.1, 0.15) is 18.1 Å². The lowest BCUT2D eigenvalue weighted by Crippen LogP contribution is -2.13. The highest BCUT2D eigenvalue weighted by Crippen LogP contribution is 2.25. The van der Waals surface area contributed by atoms with Crippen molar-refractivity contribution in [3.63, 3.8) is 0 Å². The van der Waals surface area contributed by atoms with Crippen LogP contribution in [0, 0.1) is 0 Å². The lowest BCUT2D eigenvalue weighted by Gasteiger charge is -2.19. The smallest absolute Gasteiger partial charge is 0.343 e. The van der Waals surface area contributed by atoms with Gasteiger partial charge in [-0.3, -0.25) is 0 Å². The Hall–Kier alpha value is -4.13. The van der Waals surface area contributed by atoms with E-state index < -0.39 is 17.9 Å². The summed E-state index contributed by atoms with van der Waals surface area (Å²) in [7, 11) is 0. The highest BCUT2D eigenvalue weighted by atomic mass is 16.5. The molecular formula is C30H32O7. The van der Waals surface area contributed by atoms with Crippen LogP contribution in [0.5, 0.6) is 11.5 Å². The molecule has 0 amide bonds. The summed E-state index contributed by atoms with van der Waals surface area (Å²) in [5, 5.41) is 0. The van der Waals surface area contributed by atoms with Gasteiger partial charge in [-0.05, 0) is 72.9 Å². The molecule has 0 aliphatic rings. The number of carbonyl (C=O) groups is 3. The Morgan fingerprint density at radius 2 is 1.19 bits per heavy atom. The molecule has 0 heterocycles. The lowest BCUT2D eigenvalue weighted by atomic mass is 9.87. The van der Waals surface area contributed by atoms with Gasteiger partial charge in [-0.2, -0.15) is 0 Å². The van der Waals surface area contributed by atoms with E-state index in [0.29, 0.717) is 12.2 Å². The zero-order valence-corrected chi connectivity index (χ0v) is 21.8. The van der Waals surface area contributed by atoms with Crippen LogP contribution in [0.2, 0.25) is 0 Å². The molecule has 7 nitrogen and oxygen atoms in total. The summed E-state index contributed by atoms with van der Waals surface area (Å²) in [6.45, 7) is 10.5. The molecule has 3 rings (SSSR count). The summed E-state index contributed by atoms with van der Waals surface area (Å²) in [4.78, 5) is 37.2. The molecule has 0 aliphatic heterocycles. The van der Waals surface area contributed by atoms with E-state index in [2.05, 4.69) is 32.9 Å². The summed E-state index contributed by atoms with van der Waals surface area (Å²) in [6.07, 6.45) is 0. The number of benzene rings is 3. The van der Waals surface area contributed by atoms with Crippen LogP contribution < -0.4 is 9.47 Å². The Balaban J connectivity index is 1.68. The van der Waals surface area contributed by atoms with Gasteiger partial charge in [0, 0.05) is 0 Å².